The van der Waals surface area contributed by atoms with Crippen LogP contribution in [0.4, 0.5) is 0 Å². The van der Waals surface area contributed by atoms with Gasteiger partial charge < -0.3 is 5.32 Å². The third-order valence-electron chi connectivity index (χ3n) is 8.07. The Morgan fingerprint density at radius 1 is 1.03 bits per heavy atom. The first-order chi connectivity index (χ1) is 15.5. The number of rotatable bonds is 5. The van der Waals surface area contributed by atoms with Gasteiger partial charge in [-0.15, -0.1) is 0 Å². The minimum absolute atomic E-state index is 0.0267. The number of hydrogen-bond donors (Lipinski definition) is 1. The Hall–Kier alpha value is -2.89. The van der Waals surface area contributed by atoms with E-state index in [0.29, 0.717) is 6.54 Å². The summed E-state index contributed by atoms with van der Waals surface area (Å²) in [4.78, 5) is 13.5. The molecule has 32 heavy (non-hydrogen) atoms. The van der Waals surface area contributed by atoms with Crippen LogP contribution in [0.3, 0.4) is 0 Å². The molecule has 6 heteroatoms. The predicted molar refractivity (Wildman–Crippen MR) is 123 cm³/mol. The third-order valence-corrected chi connectivity index (χ3v) is 8.07. The fourth-order valence-corrected chi connectivity index (χ4v) is 7.14. The number of benzene rings is 1. The van der Waals surface area contributed by atoms with Gasteiger partial charge in [-0.1, -0.05) is 18.2 Å². The zero-order valence-electron chi connectivity index (χ0n) is 18.9. The molecule has 2 aromatic heterocycles. The number of carbonyl (C=O) groups is 1. The molecule has 7 rings (SSSR count). The Kier molecular flexibility index (Phi) is 4.52. The first-order valence-corrected chi connectivity index (χ1v) is 11.9. The van der Waals surface area contributed by atoms with Gasteiger partial charge in [-0.25, -0.2) is 4.68 Å². The van der Waals surface area contributed by atoms with E-state index in [2.05, 4.69) is 22.5 Å². The molecule has 2 heterocycles. The highest BCUT2D eigenvalue weighted by molar-refractivity contribution is 5.95. The highest BCUT2D eigenvalue weighted by Gasteiger charge is 2.53. The number of carbonyl (C=O) groups excluding carboxylic acids is 1. The minimum atomic E-state index is -0.0267. The van der Waals surface area contributed by atoms with Gasteiger partial charge in [0, 0.05) is 37.0 Å². The topological polar surface area (TPSA) is 64.7 Å². The van der Waals surface area contributed by atoms with Crippen molar-refractivity contribution in [3.63, 3.8) is 0 Å². The van der Waals surface area contributed by atoms with Crippen LogP contribution in [0.25, 0.3) is 5.69 Å². The van der Waals surface area contributed by atoms with Crippen molar-refractivity contribution in [1.29, 1.82) is 0 Å². The van der Waals surface area contributed by atoms with Gasteiger partial charge in [0.1, 0.15) is 0 Å². The number of aryl methyl sites for hydroxylation is 2. The highest BCUT2D eigenvalue weighted by atomic mass is 16.1. The summed E-state index contributed by atoms with van der Waals surface area (Å²) < 4.78 is 3.71. The maximum atomic E-state index is 13.5. The molecule has 1 amide bonds. The first-order valence-electron chi connectivity index (χ1n) is 11.9. The molecular weight excluding hydrogens is 398 g/mol. The van der Waals surface area contributed by atoms with Gasteiger partial charge in [0.25, 0.3) is 5.91 Å². The minimum Gasteiger partial charge on any atom is -0.348 e. The molecule has 166 valence electrons. The molecule has 0 atom stereocenters. The van der Waals surface area contributed by atoms with Crippen molar-refractivity contribution in [3.8, 4) is 5.69 Å². The molecule has 1 N–H and O–H groups in total. The van der Waals surface area contributed by atoms with E-state index < -0.39 is 0 Å². The number of nitrogens with one attached hydrogen (secondary N) is 1. The Morgan fingerprint density at radius 2 is 1.69 bits per heavy atom. The second-order valence-corrected chi connectivity index (χ2v) is 10.5. The highest BCUT2D eigenvalue weighted by Crippen LogP contribution is 2.60. The van der Waals surface area contributed by atoms with Crippen LogP contribution in [-0.4, -0.2) is 25.5 Å². The number of hydrogen-bond acceptors (Lipinski definition) is 3. The molecule has 3 aromatic rings. The quantitative estimate of drug-likeness (QED) is 0.657. The van der Waals surface area contributed by atoms with Crippen molar-refractivity contribution in [2.24, 2.45) is 24.8 Å². The van der Waals surface area contributed by atoms with Crippen LogP contribution >= 0.6 is 0 Å². The summed E-state index contributed by atoms with van der Waals surface area (Å²) in [7, 11) is 1.91. The molecule has 0 aliphatic heterocycles. The van der Waals surface area contributed by atoms with E-state index in [1.54, 1.807) is 4.68 Å². The van der Waals surface area contributed by atoms with Crippen LogP contribution in [0.2, 0.25) is 0 Å². The van der Waals surface area contributed by atoms with Gasteiger partial charge in [0.05, 0.1) is 22.6 Å². The van der Waals surface area contributed by atoms with Crippen molar-refractivity contribution in [3.05, 3.63) is 65.2 Å². The molecule has 4 aliphatic carbocycles. The standard InChI is InChI=1S/C26H31N5O/c1-17-21(15-30(2)28-17)14-27-25(32)23-16-31(22-6-4-3-5-7-22)29-24(23)26-11-18-8-19(12-26)10-20(9-18)13-26/h3-7,15-16,18-20H,8-14H2,1-2H3,(H,27,32). The van der Waals surface area contributed by atoms with Gasteiger partial charge in [0.15, 0.2) is 0 Å². The zero-order valence-corrected chi connectivity index (χ0v) is 18.9. The van der Waals surface area contributed by atoms with Crippen molar-refractivity contribution >= 4 is 5.91 Å². The zero-order chi connectivity index (χ0) is 21.9. The second kappa shape index (κ2) is 7.32. The van der Waals surface area contributed by atoms with Crippen LogP contribution in [-0.2, 0) is 19.0 Å². The number of nitrogens with zero attached hydrogens (tertiary/aromatic N) is 4. The van der Waals surface area contributed by atoms with E-state index in [-0.39, 0.29) is 11.3 Å². The molecule has 4 fully saturated rings. The van der Waals surface area contributed by atoms with Crippen LogP contribution in [0, 0.1) is 24.7 Å². The summed E-state index contributed by atoms with van der Waals surface area (Å²) in [5.41, 5.74) is 4.84. The Morgan fingerprint density at radius 3 is 2.28 bits per heavy atom. The van der Waals surface area contributed by atoms with E-state index >= 15 is 0 Å². The van der Waals surface area contributed by atoms with Crippen LogP contribution in [0.15, 0.2) is 42.7 Å². The van der Waals surface area contributed by atoms with E-state index in [1.165, 1.54) is 38.5 Å². The SMILES string of the molecule is Cc1nn(C)cc1CNC(=O)c1cn(-c2ccccc2)nc1C12CC3CC(CC(C3)C1)C2. The van der Waals surface area contributed by atoms with Crippen molar-refractivity contribution < 1.29 is 4.79 Å². The Bertz CT molecular complexity index is 1120. The molecule has 6 nitrogen and oxygen atoms in total. The summed E-state index contributed by atoms with van der Waals surface area (Å²) in [6, 6.07) is 10.2. The Labute approximate surface area is 189 Å². The largest absolute Gasteiger partial charge is 0.348 e. The maximum Gasteiger partial charge on any atom is 0.255 e. The first kappa shape index (κ1) is 19.8. The van der Waals surface area contributed by atoms with Crippen molar-refractivity contribution in [2.75, 3.05) is 0 Å². The summed E-state index contributed by atoms with van der Waals surface area (Å²) in [6.45, 7) is 2.46. The van der Waals surface area contributed by atoms with Crippen LogP contribution in [0.5, 0.6) is 0 Å². The summed E-state index contributed by atoms with van der Waals surface area (Å²) in [6.07, 6.45) is 11.6. The Balaban J connectivity index is 1.36. The van der Waals surface area contributed by atoms with E-state index in [0.717, 1.165) is 46.0 Å². The van der Waals surface area contributed by atoms with Crippen molar-refractivity contribution in [2.45, 2.75) is 57.4 Å². The van der Waals surface area contributed by atoms with Crippen LogP contribution in [0.1, 0.15) is 65.8 Å². The van der Waals surface area contributed by atoms with Gasteiger partial charge in [0.2, 0.25) is 0 Å². The number of amides is 1. The van der Waals surface area contributed by atoms with E-state index in [4.69, 9.17) is 5.10 Å². The maximum absolute atomic E-state index is 13.5. The third kappa shape index (κ3) is 3.28. The van der Waals surface area contributed by atoms with Gasteiger partial charge in [-0.2, -0.15) is 10.2 Å². The molecule has 0 radical (unpaired) electrons. The summed E-state index contributed by atoms with van der Waals surface area (Å²) in [5, 5.41) is 12.7. The van der Waals surface area contributed by atoms with Gasteiger partial charge >= 0.3 is 0 Å². The van der Waals surface area contributed by atoms with Crippen molar-refractivity contribution in [1.82, 2.24) is 24.9 Å². The number of aromatic nitrogens is 4. The fraction of sp³-hybridized carbons (Fsp3) is 0.500. The lowest BCUT2D eigenvalue weighted by Gasteiger charge is -2.56. The molecule has 4 aliphatic rings. The normalized spacial score (nSPS) is 28.2. The lowest BCUT2D eigenvalue weighted by Crippen LogP contribution is -2.49. The average molecular weight is 430 g/mol. The monoisotopic (exact) mass is 429 g/mol. The summed E-state index contributed by atoms with van der Waals surface area (Å²) in [5.74, 6) is 2.38. The average Bonchev–Trinajstić information content (AvgIpc) is 3.35. The fourth-order valence-electron chi connectivity index (χ4n) is 7.14. The lowest BCUT2D eigenvalue weighted by atomic mass is 9.48. The smallest absolute Gasteiger partial charge is 0.255 e. The number of para-hydroxylation sites is 1. The molecule has 0 saturated heterocycles. The van der Waals surface area contributed by atoms with E-state index in [1.807, 2.05) is 49.2 Å². The van der Waals surface area contributed by atoms with Gasteiger partial charge in [-0.3, -0.25) is 9.48 Å². The molecule has 0 spiro atoms. The molecule has 4 saturated carbocycles. The summed E-state index contributed by atoms with van der Waals surface area (Å²) >= 11 is 0. The molecule has 1 aromatic carbocycles. The van der Waals surface area contributed by atoms with Gasteiger partial charge in [-0.05, 0) is 75.3 Å². The predicted octanol–water partition coefficient (Wildman–Crippen LogP) is 4.31. The lowest BCUT2D eigenvalue weighted by molar-refractivity contribution is -0.00770. The molecule has 4 bridgehead atoms. The molecule has 0 unspecified atom stereocenters. The molecular formula is C26H31N5O. The van der Waals surface area contributed by atoms with E-state index in [9.17, 15) is 4.79 Å². The van der Waals surface area contributed by atoms with Crippen LogP contribution < -0.4 is 5.32 Å². The second-order valence-electron chi connectivity index (χ2n) is 10.5.